The standard InChI is InChI=1S/C21H25FN8O2/c1-28(2)8-3-9-30-26-20(25-27-30)19-7-4-14(12-24-19)17-6-5-15(10-18(17)22)29-13-16(11-23)32-21(29)31/h4-7,10,12,16H,3,8-9,11,13,23H2,1-2H3/t16-/m0/s1. The summed E-state index contributed by atoms with van der Waals surface area (Å²) in [6, 6.07) is 8.08. The van der Waals surface area contributed by atoms with E-state index in [-0.39, 0.29) is 12.6 Å². The van der Waals surface area contributed by atoms with Crippen LogP contribution in [-0.2, 0) is 11.3 Å². The third-order valence-corrected chi connectivity index (χ3v) is 5.12. The zero-order valence-corrected chi connectivity index (χ0v) is 18.0. The van der Waals surface area contributed by atoms with Gasteiger partial charge < -0.3 is 15.4 Å². The van der Waals surface area contributed by atoms with Gasteiger partial charge in [0, 0.05) is 23.9 Å². The van der Waals surface area contributed by atoms with Crippen LogP contribution >= 0.6 is 0 Å². The highest BCUT2D eigenvalue weighted by molar-refractivity contribution is 5.90. The number of carbonyl (C=O) groups excluding carboxylic acids is 1. The molecule has 1 amide bonds. The van der Waals surface area contributed by atoms with Gasteiger partial charge >= 0.3 is 6.09 Å². The molecule has 0 unspecified atom stereocenters. The molecule has 1 aliphatic heterocycles. The third kappa shape index (κ3) is 4.73. The number of nitrogens with two attached hydrogens (primary N) is 1. The lowest BCUT2D eigenvalue weighted by atomic mass is 10.1. The van der Waals surface area contributed by atoms with E-state index in [0.717, 1.165) is 13.0 Å². The minimum atomic E-state index is -0.527. The van der Waals surface area contributed by atoms with Crippen molar-refractivity contribution >= 4 is 11.8 Å². The summed E-state index contributed by atoms with van der Waals surface area (Å²) in [5.74, 6) is -0.0507. The maximum Gasteiger partial charge on any atom is 0.414 e. The molecule has 1 atom stereocenters. The first-order valence-electron chi connectivity index (χ1n) is 10.3. The summed E-state index contributed by atoms with van der Waals surface area (Å²) in [6.07, 6.45) is 1.56. The molecular formula is C21H25FN8O2. The van der Waals surface area contributed by atoms with E-state index in [0.29, 0.717) is 41.4 Å². The lowest BCUT2D eigenvalue weighted by Gasteiger charge is -2.14. The van der Waals surface area contributed by atoms with Crippen molar-refractivity contribution in [3.63, 3.8) is 0 Å². The molecule has 0 radical (unpaired) electrons. The van der Waals surface area contributed by atoms with Crippen LogP contribution in [0.15, 0.2) is 36.5 Å². The smallest absolute Gasteiger partial charge is 0.414 e. The molecule has 11 heteroatoms. The molecule has 1 fully saturated rings. The summed E-state index contributed by atoms with van der Waals surface area (Å²) in [6.45, 7) is 2.12. The Kier molecular flexibility index (Phi) is 6.37. The van der Waals surface area contributed by atoms with Gasteiger partial charge in [0.1, 0.15) is 17.6 Å². The van der Waals surface area contributed by atoms with Crippen molar-refractivity contribution < 1.29 is 13.9 Å². The highest BCUT2D eigenvalue weighted by Gasteiger charge is 2.31. The highest BCUT2D eigenvalue weighted by atomic mass is 19.1. The maximum atomic E-state index is 14.8. The minimum absolute atomic E-state index is 0.222. The van der Waals surface area contributed by atoms with E-state index >= 15 is 0 Å². The molecule has 3 heterocycles. The fourth-order valence-corrected chi connectivity index (χ4v) is 3.42. The lowest BCUT2D eigenvalue weighted by molar-refractivity contribution is 0.145. The molecule has 168 valence electrons. The molecule has 0 aliphatic carbocycles. The van der Waals surface area contributed by atoms with Crippen LogP contribution in [0.25, 0.3) is 22.6 Å². The van der Waals surface area contributed by atoms with Crippen molar-refractivity contribution in [1.82, 2.24) is 30.1 Å². The van der Waals surface area contributed by atoms with Crippen LogP contribution in [0.4, 0.5) is 14.9 Å². The molecule has 1 aliphatic rings. The number of hydrogen-bond donors (Lipinski definition) is 1. The Balaban J connectivity index is 1.46. The van der Waals surface area contributed by atoms with Gasteiger partial charge in [-0.3, -0.25) is 9.88 Å². The number of aryl methyl sites for hydroxylation is 1. The second-order valence-corrected chi connectivity index (χ2v) is 7.81. The van der Waals surface area contributed by atoms with Gasteiger partial charge in [0.05, 0.1) is 18.8 Å². The predicted molar refractivity (Wildman–Crippen MR) is 116 cm³/mol. The minimum Gasteiger partial charge on any atom is -0.443 e. The summed E-state index contributed by atoms with van der Waals surface area (Å²) < 4.78 is 20.0. The van der Waals surface area contributed by atoms with E-state index in [4.69, 9.17) is 10.5 Å². The Labute approximate surface area is 184 Å². The Morgan fingerprint density at radius 3 is 2.78 bits per heavy atom. The monoisotopic (exact) mass is 440 g/mol. The lowest BCUT2D eigenvalue weighted by Crippen LogP contribution is -2.27. The number of ether oxygens (including phenoxy) is 1. The summed E-state index contributed by atoms with van der Waals surface area (Å²) in [5, 5.41) is 12.5. The van der Waals surface area contributed by atoms with Crippen LogP contribution in [0.3, 0.4) is 0 Å². The number of rotatable bonds is 8. The van der Waals surface area contributed by atoms with Crippen LogP contribution in [0, 0.1) is 5.82 Å². The van der Waals surface area contributed by atoms with Crippen LogP contribution in [-0.4, -0.2) is 76.0 Å². The van der Waals surface area contributed by atoms with E-state index in [9.17, 15) is 9.18 Å². The van der Waals surface area contributed by atoms with E-state index in [1.165, 1.54) is 11.0 Å². The summed E-state index contributed by atoms with van der Waals surface area (Å²) in [7, 11) is 4.03. The Bertz CT molecular complexity index is 1090. The summed E-state index contributed by atoms with van der Waals surface area (Å²) in [5.41, 5.74) is 7.50. The number of aromatic nitrogens is 5. The first-order chi connectivity index (χ1) is 15.4. The molecule has 1 aromatic carbocycles. The number of amides is 1. The Morgan fingerprint density at radius 2 is 2.12 bits per heavy atom. The number of cyclic esters (lactones) is 1. The molecule has 0 bridgehead atoms. The van der Waals surface area contributed by atoms with Crippen molar-refractivity contribution in [3.8, 4) is 22.6 Å². The molecule has 2 N–H and O–H groups in total. The fraction of sp³-hybridized carbons (Fsp3) is 0.381. The van der Waals surface area contributed by atoms with Gasteiger partial charge in [-0.15, -0.1) is 10.2 Å². The number of carbonyl (C=O) groups is 1. The quantitative estimate of drug-likeness (QED) is 0.564. The molecule has 10 nitrogen and oxygen atoms in total. The number of nitrogens with zero attached hydrogens (tertiary/aromatic N) is 7. The molecule has 0 spiro atoms. The second-order valence-electron chi connectivity index (χ2n) is 7.81. The fourth-order valence-electron chi connectivity index (χ4n) is 3.42. The normalized spacial score (nSPS) is 16.1. The van der Waals surface area contributed by atoms with Crippen LogP contribution < -0.4 is 10.6 Å². The van der Waals surface area contributed by atoms with Gasteiger partial charge in [-0.1, -0.05) is 6.07 Å². The molecule has 3 aromatic rings. The zero-order valence-electron chi connectivity index (χ0n) is 18.0. The van der Waals surface area contributed by atoms with E-state index < -0.39 is 11.9 Å². The van der Waals surface area contributed by atoms with Crippen molar-refractivity contribution in [2.24, 2.45) is 5.73 Å². The molecular weight excluding hydrogens is 415 g/mol. The summed E-state index contributed by atoms with van der Waals surface area (Å²) in [4.78, 5) is 21.4. The SMILES string of the molecule is CN(C)CCCn1nnc(-c2ccc(-c3ccc(N4C[C@H](CN)OC4=O)cc3F)cn2)n1. The molecule has 1 saturated heterocycles. The average molecular weight is 440 g/mol. The highest BCUT2D eigenvalue weighted by Crippen LogP contribution is 2.29. The third-order valence-electron chi connectivity index (χ3n) is 5.12. The first-order valence-corrected chi connectivity index (χ1v) is 10.3. The second kappa shape index (κ2) is 9.37. The zero-order chi connectivity index (χ0) is 22.7. The van der Waals surface area contributed by atoms with Crippen molar-refractivity contribution in [2.45, 2.75) is 19.1 Å². The number of anilines is 1. The van der Waals surface area contributed by atoms with Crippen LogP contribution in [0.5, 0.6) is 0 Å². The Morgan fingerprint density at radius 1 is 1.28 bits per heavy atom. The molecule has 0 saturated carbocycles. The van der Waals surface area contributed by atoms with Crippen LogP contribution in [0.1, 0.15) is 6.42 Å². The summed E-state index contributed by atoms with van der Waals surface area (Å²) >= 11 is 0. The molecule has 32 heavy (non-hydrogen) atoms. The predicted octanol–water partition coefficient (Wildman–Crippen LogP) is 1.78. The van der Waals surface area contributed by atoms with Crippen molar-refractivity contribution in [3.05, 3.63) is 42.3 Å². The topological polar surface area (TPSA) is 115 Å². The number of tetrazole rings is 1. The van der Waals surface area contributed by atoms with Gasteiger partial charge in [0.15, 0.2) is 0 Å². The number of pyridine rings is 1. The first kappa shape index (κ1) is 21.8. The van der Waals surface area contributed by atoms with E-state index in [2.05, 4.69) is 25.3 Å². The molecule has 2 aromatic heterocycles. The van der Waals surface area contributed by atoms with E-state index in [1.54, 1.807) is 35.3 Å². The van der Waals surface area contributed by atoms with E-state index in [1.807, 2.05) is 14.1 Å². The van der Waals surface area contributed by atoms with Crippen molar-refractivity contribution in [1.29, 1.82) is 0 Å². The Hall–Kier alpha value is -3.44. The number of benzene rings is 1. The number of hydrogen-bond acceptors (Lipinski definition) is 8. The van der Waals surface area contributed by atoms with Crippen LogP contribution in [0.2, 0.25) is 0 Å². The molecule has 4 rings (SSSR count). The van der Waals surface area contributed by atoms with Gasteiger partial charge in [-0.2, -0.15) is 4.80 Å². The van der Waals surface area contributed by atoms with Crippen molar-refractivity contribution in [2.75, 3.05) is 38.6 Å². The van der Waals surface area contributed by atoms with Gasteiger partial charge in [0.2, 0.25) is 5.82 Å². The number of halogens is 1. The van der Waals surface area contributed by atoms with Gasteiger partial charge in [-0.05, 0) is 56.5 Å². The van der Waals surface area contributed by atoms with Gasteiger partial charge in [0.25, 0.3) is 0 Å². The van der Waals surface area contributed by atoms with Gasteiger partial charge in [-0.25, -0.2) is 9.18 Å². The average Bonchev–Trinajstić information content (AvgIpc) is 3.40. The maximum absolute atomic E-state index is 14.8. The largest absolute Gasteiger partial charge is 0.443 e.